The van der Waals surface area contributed by atoms with Crippen molar-refractivity contribution in [2.45, 2.75) is 11.3 Å². The molecule has 0 atom stereocenters. The topological polar surface area (TPSA) is 52.6 Å². The van der Waals surface area contributed by atoms with Crippen LogP contribution in [-0.4, -0.2) is 22.1 Å². The molecular formula is C15H14ClFO4S. The van der Waals surface area contributed by atoms with Crippen molar-refractivity contribution in [2.75, 3.05) is 13.7 Å². The molecule has 0 spiro atoms. The van der Waals surface area contributed by atoms with Crippen molar-refractivity contribution in [1.29, 1.82) is 0 Å². The highest BCUT2D eigenvalue weighted by atomic mass is 35.5. The number of ether oxygens (including phenoxy) is 1. The first-order valence-corrected chi connectivity index (χ1v) is 8.18. The van der Waals surface area contributed by atoms with E-state index in [0.717, 1.165) is 17.7 Å². The maximum atomic E-state index is 13.2. The second-order valence-electron chi connectivity index (χ2n) is 4.50. The molecule has 7 heteroatoms. The van der Waals surface area contributed by atoms with Crippen molar-refractivity contribution in [3.63, 3.8) is 0 Å². The van der Waals surface area contributed by atoms with Crippen molar-refractivity contribution in [2.24, 2.45) is 0 Å². The Morgan fingerprint density at radius 2 is 1.82 bits per heavy atom. The lowest BCUT2D eigenvalue weighted by Gasteiger charge is -2.09. The molecule has 0 fully saturated rings. The zero-order chi connectivity index (χ0) is 16.2. The van der Waals surface area contributed by atoms with E-state index >= 15 is 0 Å². The molecule has 2 rings (SSSR count). The third-order valence-corrected chi connectivity index (χ3v) is 4.62. The second-order valence-corrected chi connectivity index (χ2v) is 6.42. The molecule has 0 amide bonds. The average Bonchev–Trinajstić information content (AvgIpc) is 2.48. The smallest absolute Gasteiger partial charge is 0.340 e. The molecule has 0 heterocycles. The molecule has 0 aliphatic carbocycles. The Morgan fingerprint density at radius 1 is 1.14 bits per heavy atom. The fourth-order valence-corrected chi connectivity index (χ4v) is 3.19. The van der Waals surface area contributed by atoms with Crippen molar-refractivity contribution in [3.05, 3.63) is 58.9 Å². The lowest BCUT2D eigenvalue weighted by molar-refractivity contribution is 0.202. The summed E-state index contributed by atoms with van der Waals surface area (Å²) < 4.78 is 47.4. The van der Waals surface area contributed by atoms with Gasteiger partial charge in [0.15, 0.2) is 0 Å². The van der Waals surface area contributed by atoms with Gasteiger partial charge in [0.1, 0.15) is 16.5 Å². The molecule has 0 aromatic heterocycles. The van der Waals surface area contributed by atoms with Crippen molar-refractivity contribution < 1.29 is 21.7 Å². The quantitative estimate of drug-likeness (QED) is 0.753. The molecule has 0 unspecified atom stereocenters. The fourth-order valence-electron chi connectivity index (χ4n) is 1.77. The fraction of sp³-hybridized carbons (Fsp3) is 0.200. The lowest BCUT2D eigenvalue weighted by Crippen LogP contribution is -2.10. The SMILES string of the molecule is COCCc1ccc(OS(=O)(=O)c2cc(F)ccc2Cl)cc1. The van der Waals surface area contributed by atoms with E-state index in [-0.39, 0.29) is 10.8 Å². The van der Waals surface area contributed by atoms with Gasteiger partial charge >= 0.3 is 10.1 Å². The Kier molecular flexibility index (Phi) is 5.39. The highest BCUT2D eigenvalue weighted by molar-refractivity contribution is 7.87. The van der Waals surface area contributed by atoms with E-state index in [2.05, 4.69) is 0 Å². The molecule has 0 saturated carbocycles. The van der Waals surface area contributed by atoms with Crippen LogP contribution in [0, 0.1) is 5.82 Å². The lowest BCUT2D eigenvalue weighted by atomic mass is 10.1. The maximum absolute atomic E-state index is 13.2. The average molecular weight is 345 g/mol. The summed E-state index contributed by atoms with van der Waals surface area (Å²) in [5.74, 6) is -0.581. The third-order valence-electron chi connectivity index (χ3n) is 2.89. The second kappa shape index (κ2) is 7.09. The molecule has 22 heavy (non-hydrogen) atoms. The van der Waals surface area contributed by atoms with Crippen molar-refractivity contribution in [1.82, 2.24) is 0 Å². The van der Waals surface area contributed by atoms with Crippen LogP contribution in [-0.2, 0) is 21.3 Å². The van der Waals surface area contributed by atoms with Gasteiger partial charge in [-0.1, -0.05) is 23.7 Å². The molecule has 2 aromatic carbocycles. The van der Waals surface area contributed by atoms with E-state index in [0.29, 0.717) is 13.0 Å². The normalized spacial score (nSPS) is 11.4. The molecule has 0 aliphatic heterocycles. The largest absolute Gasteiger partial charge is 0.384 e. The van der Waals surface area contributed by atoms with Crippen LogP contribution in [0.3, 0.4) is 0 Å². The number of rotatable bonds is 6. The van der Waals surface area contributed by atoms with E-state index in [1.807, 2.05) is 0 Å². The number of methoxy groups -OCH3 is 1. The number of hydrogen-bond acceptors (Lipinski definition) is 4. The van der Waals surface area contributed by atoms with Crippen LogP contribution >= 0.6 is 11.6 Å². The summed E-state index contributed by atoms with van der Waals surface area (Å²) >= 11 is 5.79. The van der Waals surface area contributed by atoms with Crippen LogP contribution in [0.2, 0.25) is 5.02 Å². The van der Waals surface area contributed by atoms with Crippen LogP contribution in [0.15, 0.2) is 47.4 Å². The Bertz CT molecular complexity index is 745. The first kappa shape index (κ1) is 16.7. The summed E-state index contributed by atoms with van der Waals surface area (Å²) in [6.45, 7) is 0.567. The first-order valence-electron chi connectivity index (χ1n) is 6.40. The summed E-state index contributed by atoms with van der Waals surface area (Å²) in [4.78, 5) is -0.405. The van der Waals surface area contributed by atoms with Crippen molar-refractivity contribution in [3.8, 4) is 5.75 Å². The highest BCUT2D eigenvalue weighted by Gasteiger charge is 2.21. The molecular weight excluding hydrogens is 331 g/mol. The summed E-state index contributed by atoms with van der Waals surface area (Å²) in [6, 6.07) is 9.58. The third kappa shape index (κ3) is 4.19. The van der Waals surface area contributed by atoms with Crippen LogP contribution in [0.5, 0.6) is 5.75 Å². The Balaban J connectivity index is 2.20. The number of halogens is 2. The van der Waals surface area contributed by atoms with Crippen LogP contribution in [0.4, 0.5) is 4.39 Å². The van der Waals surface area contributed by atoms with Gasteiger partial charge in [0.2, 0.25) is 0 Å². The minimum atomic E-state index is -4.19. The molecule has 2 aromatic rings. The van der Waals surface area contributed by atoms with E-state index in [9.17, 15) is 12.8 Å². The molecule has 0 N–H and O–H groups in total. The van der Waals surface area contributed by atoms with Gasteiger partial charge < -0.3 is 8.92 Å². The van der Waals surface area contributed by atoms with Gasteiger partial charge in [-0.25, -0.2) is 4.39 Å². The minimum Gasteiger partial charge on any atom is -0.384 e. The maximum Gasteiger partial charge on any atom is 0.340 e. The molecule has 0 saturated heterocycles. The van der Waals surface area contributed by atoms with Crippen LogP contribution in [0.1, 0.15) is 5.56 Å². The highest BCUT2D eigenvalue weighted by Crippen LogP contribution is 2.26. The zero-order valence-corrected chi connectivity index (χ0v) is 13.3. The molecule has 118 valence electrons. The predicted molar refractivity (Wildman–Crippen MR) is 81.2 cm³/mol. The summed E-state index contributed by atoms with van der Waals surface area (Å²) in [6.07, 6.45) is 0.708. The minimum absolute atomic E-state index is 0.0990. The van der Waals surface area contributed by atoms with Gasteiger partial charge in [0, 0.05) is 7.11 Å². The Labute approximate surface area is 133 Å². The van der Waals surface area contributed by atoms with E-state index in [1.54, 1.807) is 19.2 Å². The Morgan fingerprint density at radius 3 is 2.45 bits per heavy atom. The summed E-state index contributed by atoms with van der Waals surface area (Å²) in [5.41, 5.74) is 0.982. The summed E-state index contributed by atoms with van der Waals surface area (Å²) in [5, 5.41) is -0.0990. The predicted octanol–water partition coefficient (Wildman–Crippen LogP) is 3.44. The van der Waals surface area contributed by atoms with E-state index in [4.69, 9.17) is 20.5 Å². The van der Waals surface area contributed by atoms with Gasteiger partial charge in [-0.3, -0.25) is 0 Å². The molecule has 0 bridgehead atoms. The van der Waals surface area contributed by atoms with Gasteiger partial charge in [0.05, 0.1) is 11.6 Å². The van der Waals surface area contributed by atoms with Crippen LogP contribution in [0.25, 0.3) is 0 Å². The van der Waals surface area contributed by atoms with E-state index in [1.165, 1.54) is 18.2 Å². The molecule has 0 radical (unpaired) electrons. The van der Waals surface area contributed by atoms with Gasteiger partial charge in [-0.15, -0.1) is 0 Å². The standard InChI is InChI=1S/C15H14ClFO4S/c1-20-9-8-11-2-5-13(6-3-11)21-22(18,19)15-10-12(17)4-7-14(15)16/h2-7,10H,8-9H2,1H3. The van der Waals surface area contributed by atoms with Gasteiger partial charge in [-0.05, 0) is 42.3 Å². The van der Waals surface area contributed by atoms with Crippen LogP contribution < -0.4 is 4.18 Å². The number of benzene rings is 2. The molecule has 0 aliphatic rings. The molecule has 4 nitrogen and oxygen atoms in total. The summed E-state index contributed by atoms with van der Waals surface area (Å²) in [7, 11) is -2.59. The van der Waals surface area contributed by atoms with Crippen molar-refractivity contribution >= 4 is 21.7 Å². The van der Waals surface area contributed by atoms with Gasteiger partial charge in [0.25, 0.3) is 0 Å². The monoisotopic (exact) mass is 344 g/mol. The van der Waals surface area contributed by atoms with Gasteiger partial charge in [-0.2, -0.15) is 8.42 Å². The Hall–Kier alpha value is -1.63. The number of hydrogen-bond donors (Lipinski definition) is 0. The zero-order valence-electron chi connectivity index (χ0n) is 11.8. The van der Waals surface area contributed by atoms with E-state index < -0.39 is 20.8 Å². The first-order chi connectivity index (χ1) is 10.4.